The van der Waals surface area contributed by atoms with Crippen LogP contribution in [0.2, 0.25) is 0 Å². The molecule has 1 fully saturated rings. The van der Waals surface area contributed by atoms with Gasteiger partial charge in [-0.1, -0.05) is 23.5 Å². The molecular formula is C24H26N4O5S. The van der Waals surface area contributed by atoms with Crippen LogP contribution in [0, 0.1) is 5.92 Å². The largest absolute Gasteiger partial charge is 0.497 e. The number of likely N-dealkylation sites (tertiary alicyclic amines) is 1. The summed E-state index contributed by atoms with van der Waals surface area (Å²) in [6.45, 7) is 3.60. The van der Waals surface area contributed by atoms with E-state index in [1.165, 1.54) is 15.9 Å². The topological polar surface area (TPSA) is 102 Å². The van der Waals surface area contributed by atoms with Crippen molar-refractivity contribution in [1.82, 2.24) is 19.5 Å². The van der Waals surface area contributed by atoms with Crippen molar-refractivity contribution in [3.05, 3.63) is 53.1 Å². The number of fused-ring (bicyclic) bond motifs is 1. The van der Waals surface area contributed by atoms with Gasteiger partial charge in [0.25, 0.3) is 0 Å². The van der Waals surface area contributed by atoms with Crippen LogP contribution in [-0.4, -0.2) is 57.4 Å². The minimum absolute atomic E-state index is 0.0469. The molecule has 0 spiro atoms. The van der Waals surface area contributed by atoms with Crippen LogP contribution in [-0.2, 0) is 9.53 Å². The zero-order chi connectivity index (χ0) is 23.7. The number of hydrogen-bond donors (Lipinski definition) is 1. The van der Waals surface area contributed by atoms with Crippen molar-refractivity contribution in [1.29, 1.82) is 0 Å². The molecule has 1 aromatic carbocycles. The Kier molecular flexibility index (Phi) is 6.25. The highest BCUT2D eigenvalue weighted by Crippen LogP contribution is 2.42. The second-order valence-electron chi connectivity index (χ2n) is 8.14. The number of hydrogen-bond acceptors (Lipinski definition) is 9. The molecule has 0 bridgehead atoms. The van der Waals surface area contributed by atoms with Gasteiger partial charge >= 0.3 is 5.97 Å². The second kappa shape index (κ2) is 9.47. The first-order valence-electron chi connectivity index (χ1n) is 11.3. The summed E-state index contributed by atoms with van der Waals surface area (Å²) >= 11 is 1.39. The van der Waals surface area contributed by atoms with E-state index >= 15 is 0 Å². The number of nitrogens with zero attached hydrogens (tertiary/aromatic N) is 4. The van der Waals surface area contributed by atoms with Gasteiger partial charge < -0.3 is 19.0 Å². The van der Waals surface area contributed by atoms with Gasteiger partial charge in [0.05, 0.1) is 36.8 Å². The molecule has 3 aromatic heterocycles. The lowest BCUT2D eigenvalue weighted by Gasteiger charge is -2.36. The van der Waals surface area contributed by atoms with Crippen LogP contribution in [0.3, 0.4) is 0 Å². The van der Waals surface area contributed by atoms with E-state index in [2.05, 4.69) is 15.0 Å². The Morgan fingerprint density at radius 2 is 2.12 bits per heavy atom. The Morgan fingerprint density at radius 3 is 2.79 bits per heavy atom. The maximum absolute atomic E-state index is 12.2. The Balaban J connectivity index is 1.50. The standard InChI is InChI=1S/C24H26N4O5S/c1-3-32-23(30)15-9-11-27(12-10-15)19(16-6-4-7-17(14-16)31-2)20-22(29)28-24(34-20)25-21(26-28)18-8-5-13-33-18/h4-8,13-15,19,29H,3,9-12H2,1-2H3. The molecule has 0 saturated carbocycles. The van der Waals surface area contributed by atoms with E-state index in [0.29, 0.717) is 49.1 Å². The first-order chi connectivity index (χ1) is 16.6. The predicted molar refractivity (Wildman–Crippen MR) is 126 cm³/mol. The van der Waals surface area contributed by atoms with Crippen molar-refractivity contribution >= 4 is 22.3 Å². The van der Waals surface area contributed by atoms with E-state index in [4.69, 9.17) is 13.9 Å². The first kappa shape index (κ1) is 22.4. The molecule has 34 heavy (non-hydrogen) atoms. The minimum Gasteiger partial charge on any atom is -0.497 e. The van der Waals surface area contributed by atoms with Gasteiger partial charge in [0.15, 0.2) is 5.76 Å². The Labute approximate surface area is 200 Å². The lowest BCUT2D eigenvalue weighted by Crippen LogP contribution is -2.39. The van der Waals surface area contributed by atoms with Gasteiger partial charge in [-0.15, -0.1) is 5.10 Å². The number of aromatic nitrogens is 3. The number of carbonyl (C=O) groups excluding carboxylic acids is 1. The molecule has 1 unspecified atom stereocenters. The molecule has 4 aromatic rings. The van der Waals surface area contributed by atoms with E-state index < -0.39 is 0 Å². The molecule has 1 aliphatic heterocycles. The van der Waals surface area contributed by atoms with Crippen LogP contribution in [0.25, 0.3) is 16.5 Å². The third-order valence-corrected chi connectivity index (χ3v) is 7.19. The molecule has 0 amide bonds. The van der Waals surface area contributed by atoms with Crippen molar-refractivity contribution in [2.24, 2.45) is 5.92 Å². The normalized spacial score (nSPS) is 16.1. The lowest BCUT2D eigenvalue weighted by molar-refractivity contribution is -0.149. The maximum atomic E-state index is 12.2. The number of benzene rings is 1. The van der Waals surface area contributed by atoms with Crippen molar-refractivity contribution in [2.45, 2.75) is 25.8 Å². The number of furan rings is 1. The zero-order valence-electron chi connectivity index (χ0n) is 19.0. The lowest BCUT2D eigenvalue weighted by atomic mass is 9.93. The molecule has 178 valence electrons. The van der Waals surface area contributed by atoms with E-state index in [0.717, 1.165) is 16.2 Å². The quantitative estimate of drug-likeness (QED) is 0.392. The highest BCUT2D eigenvalue weighted by atomic mass is 32.1. The zero-order valence-corrected chi connectivity index (χ0v) is 19.8. The summed E-state index contributed by atoms with van der Waals surface area (Å²) in [5, 5.41) is 15.7. The van der Waals surface area contributed by atoms with Crippen LogP contribution >= 0.6 is 11.3 Å². The molecule has 1 saturated heterocycles. The highest BCUT2D eigenvalue weighted by molar-refractivity contribution is 7.17. The van der Waals surface area contributed by atoms with Crippen LogP contribution in [0.4, 0.5) is 0 Å². The van der Waals surface area contributed by atoms with E-state index in [-0.39, 0.29) is 23.8 Å². The van der Waals surface area contributed by atoms with Gasteiger partial charge in [0, 0.05) is 0 Å². The van der Waals surface area contributed by atoms with Gasteiger partial charge in [-0.2, -0.15) is 9.50 Å². The number of rotatable bonds is 7. The Morgan fingerprint density at radius 1 is 1.29 bits per heavy atom. The number of methoxy groups -OCH3 is 1. The third-order valence-electron chi connectivity index (χ3n) is 6.11. The third kappa shape index (κ3) is 4.14. The van der Waals surface area contributed by atoms with E-state index in [1.807, 2.05) is 31.2 Å². The van der Waals surface area contributed by atoms with Gasteiger partial charge in [-0.05, 0) is 62.7 Å². The van der Waals surface area contributed by atoms with Gasteiger partial charge in [-0.3, -0.25) is 9.69 Å². The molecule has 0 radical (unpaired) electrons. The Bertz CT molecular complexity index is 1270. The number of esters is 1. The van der Waals surface area contributed by atoms with Gasteiger partial charge in [0.1, 0.15) is 5.75 Å². The van der Waals surface area contributed by atoms with Crippen LogP contribution in [0.1, 0.15) is 36.2 Å². The molecule has 1 atom stereocenters. The first-order valence-corrected chi connectivity index (χ1v) is 12.1. The Hall–Kier alpha value is -3.37. The number of thiazole rings is 1. The van der Waals surface area contributed by atoms with Crippen LogP contribution in [0.5, 0.6) is 11.6 Å². The fourth-order valence-corrected chi connectivity index (χ4v) is 5.55. The summed E-state index contributed by atoms with van der Waals surface area (Å²) in [7, 11) is 1.63. The van der Waals surface area contributed by atoms with Gasteiger partial charge in [0.2, 0.25) is 16.7 Å². The summed E-state index contributed by atoms with van der Waals surface area (Å²) in [4.78, 5) is 20.4. The minimum atomic E-state index is -0.237. The molecular weight excluding hydrogens is 456 g/mol. The summed E-state index contributed by atoms with van der Waals surface area (Å²) in [6.07, 6.45) is 2.96. The van der Waals surface area contributed by atoms with Gasteiger partial charge in [-0.25, -0.2) is 0 Å². The number of carbonyl (C=O) groups is 1. The fourth-order valence-electron chi connectivity index (χ4n) is 4.43. The summed E-state index contributed by atoms with van der Waals surface area (Å²) in [5.41, 5.74) is 0.986. The smallest absolute Gasteiger partial charge is 0.309 e. The van der Waals surface area contributed by atoms with Crippen molar-refractivity contribution in [3.8, 4) is 23.2 Å². The average molecular weight is 483 g/mol. The SMILES string of the molecule is CCOC(=O)C1CCN(C(c2cccc(OC)c2)c2sc3nc(-c4ccco4)nn3c2O)CC1. The molecule has 1 aliphatic rings. The summed E-state index contributed by atoms with van der Waals surface area (Å²) in [5.74, 6) is 1.52. The average Bonchev–Trinajstić information content (AvgIpc) is 3.59. The van der Waals surface area contributed by atoms with Crippen LogP contribution < -0.4 is 4.74 Å². The molecule has 4 heterocycles. The second-order valence-corrected chi connectivity index (χ2v) is 9.15. The van der Waals surface area contributed by atoms with E-state index in [9.17, 15) is 9.90 Å². The summed E-state index contributed by atoms with van der Waals surface area (Å²) < 4.78 is 17.5. The van der Waals surface area contributed by atoms with Crippen LogP contribution in [0.15, 0.2) is 47.1 Å². The molecule has 10 heteroatoms. The van der Waals surface area contributed by atoms with Crippen molar-refractivity contribution in [3.63, 3.8) is 0 Å². The number of aromatic hydroxyl groups is 1. The number of ether oxygens (including phenoxy) is 2. The highest BCUT2D eigenvalue weighted by Gasteiger charge is 2.34. The van der Waals surface area contributed by atoms with Crippen molar-refractivity contribution in [2.75, 3.05) is 26.8 Å². The molecule has 9 nitrogen and oxygen atoms in total. The summed E-state index contributed by atoms with van der Waals surface area (Å²) in [6, 6.07) is 11.2. The predicted octanol–water partition coefficient (Wildman–Crippen LogP) is 4.13. The fraction of sp³-hybridized carbons (Fsp3) is 0.375. The maximum Gasteiger partial charge on any atom is 0.309 e. The number of piperidine rings is 1. The van der Waals surface area contributed by atoms with Crippen molar-refractivity contribution < 1.29 is 23.8 Å². The van der Waals surface area contributed by atoms with E-state index in [1.54, 1.807) is 25.5 Å². The molecule has 1 N–H and O–H groups in total. The monoisotopic (exact) mass is 482 g/mol. The molecule has 5 rings (SSSR count). The molecule has 0 aliphatic carbocycles.